The van der Waals surface area contributed by atoms with E-state index in [1.54, 1.807) is 33.6 Å². The number of benzene rings is 3. The minimum absolute atomic E-state index is 0. The van der Waals surface area contributed by atoms with Crippen molar-refractivity contribution in [1.29, 1.82) is 0 Å². The summed E-state index contributed by atoms with van der Waals surface area (Å²) in [5.74, 6) is 0.617. The van der Waals surface area contributed by atoms with Crippen molar-refractivity contribution in [2.45, 2.75) is 20.8 Å². The van der Waals surface area contributed by atoms with E-state index >= 15 is 0 Å². The molecule has 3 rings (SSSR count). The second kappa shape index (κ2) is 10.2. The molecular weight excluding hydrogens is 577 g/mol. The van der Waals surface area contributed by atoms with Gasteiger partial charge in [-0.15, -0.1) is 0 Å². The molecule has 0 heterocycles. The Kier molecular flexibility index (Phi) is 8.29. The van der Waals surface area contributed by atoms with Gasteiger partial charge in [-0.2, -0.15) is 0 Å². The Balaban J connectivity index is 0.00000280. The first-order valence-corrected chi connectivity index (χ1v) is 9.87. The fraction of sp³-hybridized carbons (Fsp3) is 0.130. The van der Waals surface area contributed by atoms with E-state index in [2.05, 4.69) is 12.1 Å². The maximum absolute atomic E-state index is 12.6. The van der Waals surface area contributed by atoms with Crippen molar-refractivity contribution in [2.24, 2.45) is 0 Å². The summed E-state index contributed by atoms with van der Waals surface area (Å²) in [6.45, 7) is 5.61. The zero-order chi connectivity index (χ0) is 19.4. The van der Waals surface area contributed by atoms with E-state index in [9.17, 15) is 4.79 Å². The first-order chi connectivity index (χ1) is 13.0. The number of amides is 1. The van der Waals surface area contributed by atoms with E-state index in [0.29, 0.717) is 9.61 Å². The van der Waals surface area contributed by atoms with Crippen LogP contribution in [-0.4, -0.2) is 55.3 Å². The van der Waals surface area contributed by atoms with Gasteiger partial charge in [0.05, 0.1) is 0 Å². The second-order valence-electron chi connectivity index (χ2n) is 6.42. The topological polar surface area (TPSA) is 29.5 Å². The minimum atomic E-state index is -0.0925. The van der Waals surface area contributed by atoms with Gasteiger partial charge in [0.2, 0.25) is 0 Å². The number of hydrogen-bond donors (Lipinski definition) is 0. The average Bonchev–Trinajstić information content (AvgIpc) is 2.64. The number of hydrogen-bond acceptors (Lipinski definition) is 2. The van der Waals surface area contributed by atoms with Crippen LogP contribution in [0.3, 0.4) is 0 Å². The summed E-state index contributed by atoms with van der Waals surface area (Å²) in [5, 5.41) is 0. The van der Waals surface area contributed by atoms with E-state index in [-0.39, 0.29) is 29.6 Å². The molecule has 28 heavy (non-hydrogen) atoms. The average molecular weight is 601 g/mol. The number of carbonyl (C=O) groups excluding carboxylic acids is 1. The molecule has 0 N–H and O–H groups in total. The number of anilines is 1. The molecule has 0 bridgehead atoms. The second-order valence-corrected chi connectivity index (χ2v) is 7.42. The molecule has 1 amide bonds. The van der Waals surface area contributed by atoms with Crippen LogP contribution in [0.4, 0.5) is 5.69 Å². The third kappa shape index (κ3) is 5.47. The Morgan fingerprint density at radius 3 is 2.11 bits per heavy atom. The Morgan fingerprint density at radius 1 is 0.893 bits per heavy atom. The van der Waals surface area contributed by atoms with Gasteiger partial charge in [0.1, 0.15) is 0 Å². The summed E-state index contributed by atoms with van der Waals surface area (Å²) in [4.78, 5) is 14.2. The summed E-state index contributed by atoms with van der Waals surface area (Å²) in [5.41, 5.74) is 5.11. The van der Waals surface area contributed by atoms with Crippen molar-refractivity contribution in [3.63, 3.8) is 0 Å². The van der Waals surface area contributed by atoms with Gasteiger partial charge in [0.25, 0.3) is 0 Å². The molecule has 0 aliphatic rings. The van der Waals surface area contributed by atoms with Gasteiger partial charge in [-0.25, -0.2) is 0 Å². The van der Waals surface area contributed by atoms with E-state index in [1.165, 1.54) is 0 Å². The van der Waals surface area contributed by atoms with Crippen molar-refractivity contribution < 1.29 is 9.53 Å². The SMILES string of the molecule is CC(=O)N(C(=[Te])Oc1ccc(C)cc1)c1cc(C)ccc1-c1ccccc1.[TeH2]. The first kappa shape index (κ1) is 22.7. The molecule has 0 radical (unpaired) electrons. The van der Waals surface area contributed by atoms with Crippen LogP contribution in [0.5, 0.6) is 5.75 Å². The molecule has 0 saturated heterocycles. The molecule has 0 aromatic heterocycles. The molecule has 5 heteroatoms. The van der Waals surface area contributed by atoms with Crippen LogP contribution in [0.25, 0.3) is 11.1 Å². The molecule has 0 aliphatic heterocycles. The standard InChI is InChI=1S/C23H21NO2Te.H2Te/c1-16-9-12-20(13-10-16)26-23(27)24(18(3)25)22-15-17(2)11-14-21(22)19-7-5-4-6-8-19;/h4-15H,1-3H3;1H2. The van der Waals surface area contributed by atoms with Crippen LogP contribution in [0.15, 0.2) is 72.8 Å². The summed E-state index contributed by atoms with van der Waals surface area (Å²) < 4.78 is 6.54. The van der Waals surface area contributed by atoms with Crippen LogP contribution in [0.2, 0.25) is 0 Å². The number of carbonyl (C=O) groups is 1. The van der Waals surface area contributed by atoms with Gasteiger partial charge in [0, 0.05) is 0 Å². The van der Waals surface area contributed by atoms with Gasteiger partial charge >= 0.3 is 197 Å². The van der Waals surface area contributed by atoms with Crippen molar-refractivity contribution in [3.8, 4) is 16.9 Å². The van der Waals surface area contributed by atoms with Crippen LogP contribution >= 0.6 is 0 Å². The first-order valence-electron chi connectivity index (χ1n) is 8.71. The zero-order valence-corrected chi connectivity index (χ0v) is 21.3. The van der Waals surface area contributed by atoms with E-state index in [1.807, 2.05) is 74.5 Å². The van der Waals surface area contributed by atoms with Crippen LogP contribution < -0.4 is 9.64 Å². The van der Waals surface area contributed by atoms with Gasteiger partial charge in [-0.1, -0.05) is 0 Å². The molecule has 0 fully saturated rings. The van der Waals surface area contributed by atoms with Gasteiger partial charge < -0.3 is 0 Å². The third-order valence-electron chi connectivity index (χ3n) is 4.20. The Morgan fingerprint density at radius 2 is 1.50 bits per heavy atom. The van der Waals surface area contributed by atoms with E-state index in [4.69, 9.17) is 4.74 Å². The molecule has 0 spiro atoms. The van der Waals surface area contributed by atoms with Crippen LogP contribution in [-0.2, 0) is 4.79 Å². The van der Waals surface area contributed by atoms with E-state index < -0.39 is 0 Å². The molecular formula is C23H23NO2Te2. The molecule has 0 aliphatic carbocycles. The van der Waals surface area contributed by atoms with Crippen molar-refractivity contribution in [3.05, 3.63) is 83.9 Å². The van der Waals surface area contributed by atoms with Crippen molar-refractivity contribution in [2.75, 3.05) is 4.90 Å². The summed E-state index contributed by atoms with van der Waals surface area (Å²) in [6, 6.07) is 24.0. The molecule has 3 aromatic rings. The maximum atomic E-state index is 12.6. The monoisotopic (exact) mass is 605 g/mol. The molecule has 3 nitrogen and oxygen atoms in total. The third-order valence-corrected chi connectivity index (χ3v) is 4.96. The van der Waals surface area contributed by atoms with Gasteiger partial charge in [-0.05, 0) is 0 Å². The molecule has 0 unspecified atom stereocenters. The number of rotatable bonds is 5. The Hall–Kier alpha value is -1.62. The van der Waals surface area contributed by atoms with Crippen molar-refractivity contribution >= 4 is 60.9 Å². The Bertz CT molecular complexity index is 970. The molecule has 144 valence electrons. The predicted molar refractivity (Wildman–Crippen MR) is 121 cm³/mol. The summed E-state index contributed by atoms with van der Waals surface area (Å²) in [6.07, 6.45) is 0. The van der Waals surface area contributed by atoms with Gasteiger partial charge in [-0.3, -0.25) is 0 Å². The molecule has 3 aromatic carbocycles. The fourth-order valence-corrected chi connectivity index (χ4v) is 3.76. The Labute approximate surface area is 195 Å². The van der Waals surface area contributed by atoms with Crippen LogP contribution in [0, 0.1) is 13.8 Å². The van der Waals surface area contributed by atoms with E-state index in [0.717, 1.165) is 27.9 Å². The number of ether oxygens (including phenoxy) is 1. The number of aryl methyl sites for hydroxylation is 2. The predicted octanol–water partition coefficient (Wildman–Crippen LogP) is 3.74. The number of nitrogens with zero attached hydrogens (tertiary/aromatic N) is 1. The quantitative estimate of drug-likeness (QED) is 0.418. The molecule has 0 atom stereocenters. The summed E-state index contributed by atoms with van der Waals surface area (Å²) >= 11 is 1.73. The zero-order valence-electron chi connectivity index (χ0n) is 16.1. The molecule has 0 saturated carbocycles. The van der Waals surface area contributed by atoms with Crippen LogP contribution in [0.1, 0.15) is 18.1 Å². The normalized spacial score (nSPS) is 9.96. The fourth-order valence-electron chi connectivity index (χ4n) is 2.84. The van der Waals surface area contributed by atoms with Gasteiger partial charge in [0.15, 0.2) is 0 Å². The van der Waals surface area contributed by atoms with Crippen molar-refractivity contribution in [1.82, 2.24) is 0 Å². The summed E-state index contributed by atoms with van der Waals surface area (Å²) in [7, 11) is 0.